The highest BCUT2D eigenvalue weighted by Crippen LogP contribution is 2.21. The van der Waals surface area contributed by atoms with Crippen molar-refractivity contribution in [2.45, 2.75) is 12.3 Å². The van der Waals surface area contributed by atoms with E-state index >= 15 is 0 Å². The molecule has 15 heavy (non-hydrogen) atoms. The number of phenolic OH excluding ortho intramolecular Hbond substituents is 1. The summed E-state index contributed by atoms with van der Waals surface area (Å²) in [7, 11) is 0. The van der Waals surface area contributed by atoms with Gasteiger partial charge in [-0.05, 0) is 25.1 Å². The number of amides is 1. The van der Waals surface area contributed by atoms with Crippen LogP contribution in [0.25, 0.3) is 0 Å². The summed E-state index contributed by atoms with van der Waals surface area (Å²) in [6, 6.07) is 4.33. The van der Waals surface area contributed by atoms with E-state index in [4.69, 9.17) is 23.2 Å². The molecular formula is C10H11Cl2NO2. The molecule has 0 fully saturated rings. The molecule has 0 aliphatic heterocycles. The van der Waals surface area contributed by atoms with Crippen molar-refractivity contribution < 1.29 is 9.90 Å². The molecule has 0 aliphatic rings. The molecule has 0 saturated heterocycles. The van der Waals surface area contributed by atoms with Gasteiger partial charge in [-0.15, -0.1) is 11.6 Å². The van der Waals surface area contributed by atoms with Gasteiger partial charge in [-0.2, -0.15) is 0 Å². The Labute approximate surface area is 98.0 Å². The molecule has 0 saturated carbocycles. The van der Waals surface area contributed by atoms with Crippen molar-refractivity contribution in [3.63, 3.8) is 0 Å². The van der Waals surface area contributed by atoms with Crippen LogP contribution in [0.4, 0.5) is 0 Å². The molecule has 2 N–H and O–H groups in total. The Morgan fingerprint density at radius 1 is 1.60 bits per heavy atom. The molecule has 82 valence electrons. The number of hydrogen-bond donors (Lipinski definition) is 2. The van der Waals surface area contributed by atoms with E-state index in [0.717, 1.165) is 0 Å². The van der Waals surface area contributed by atoms with E-state index in [1.165, 1.54) is 12.1 Å². The molecule has 1 aromatic rings. The maximum absolute atomic E-state index is 11.5. The smallest absolute Gasteiger partial charge is 0.255 e. The maximum Gasteiger partial charge on any atom is 0.255 e. The van der Waals surface area contributed by atoms with E-state index in [2.05, 4.69) is 5.32 Å². The van der Waals surface area contributed by atoms with E-state index in [1.54, 1.807) is 13.0 Å². The van der Waals surface area contributed by atoms with Gasteiger partial charge in [-0.3, -0.25) is 4.79 Å². The lowest BCUT2D eigenvalue weighted by Gasteiger charge is -2.07. The number of aromatic hydroxyl groups is 1. The first-order valence-electron chi connectivity index (χ1n) is 4.41. The zero-order valence-electron chi connectivity index (χ0n) is 8.13. The molecule has 3 nitrogen and oxygen atoms in total. The Morgan fingerprint density at radius 3 is 2.80 bits per heavy atom. The lowest BCUT2D eigenvalue weighted by molar-refractivity contribution is 0.0951. The van der Waals surface area contributed by atoms with Crippen molar-refractivity contribution in [1.82, 2.24) is 5.32 Å². The van der Waals surface area contributed by atoms with Crippen LogP contribution in [0.3, 0.4) is 0 Å². The van der Waals surface area contributed by atoms with Crippen LogP contribution in [0.2, 0.25) is 5.02 Å². The summed E-state index contributed by atoms with van der Waals surface area (Å²) < 4.78 is 0. The van der Waals surface area contributed by atoms with Crippen LogP contribution in [0.5, 0.6) is 5.75 Å². The number of rotatable bonds is 3. The summed E-state index contributed by atoms with van der Waals surface area (Å²) in [5, 5.41) is 12.3. The summed E-state index contributed by atoms with van der Waals surface area (Å²) in [5.74, 6) is -0.501. The fraction of sp³-hybridized carbons (Fsp3) is 0.300. The second kappa shape index (κ2) is 5.24. The summed E-state index contributed by atoms with van der Waals surface area (Å²) in [4.78, 5) is 11.5. The van der Waals surface area contributed by atoms with Crippen LogP contribution in [0.1, 0.15) is 17.3 Å². The summed E-state index contributed by atoms with van der Waals surface area (Å²) in [6.45, 7) is 2.12. The summed E-state index contributed by atoms with van der Waals surface area (Å²) >= 11 is 11.3. The zero-order valence-corrected chi connectivity index (χ0v) is 9.64. The fourth-order valence-corrected chi connectivity index (χ4v) is 1.27. The number of nitrogens with one attached hydrogen (secondary N) is 1. The minimum atomic E-state index is -0.364. The number of carbonyl (C=O) groups is 1. The van der Waals surface area contributed by atoms with Crippen molar-refractivity contribution in [2.75, 3.05) is 6.54 Å². The molecule has 0 aliphatic carbocycles. The second-order valence-corrected chi connectivity index (χ2v) is 4.33. The quantitative estimate of drug-likeness (QED) is 0.807. The largest absolute Gasteiger partial charge is 0.507 e. The van der Waals surface area contributed by atoms with E-state index in [-0.39, 0.29) is 22.6 Å². The average Bonchev–Trinajstić information content (AvgIpc) is 2.14. The van der Waals surface area contributed by atoms with Crippen molar-refractivity contribution in [3.05, 3.63) is 28.8 Å². The Kier molecular flexibility index (Phi) is 4.24. The standard InChI is InChI=1S/C10H11Cl2NO2/c1-6(11)5-13-10(15)8-3-2-7(12)4-9(8)14/h2-4,6,14H,5H2,1H3,(H,13,15). The molecule has 0 radical (unpaired) electrons. The second-order valence-electron chi connectivity index (χ2n) is 3.15. The monoisotopic (exact) mass is 247 g/mol. The van der Waals surface area contributed by atoms with Crippen LogP contribution < -0.4 is 5.32 Å². The van der Waals surface area contributed by atoms with E-state index in [9.17, 15) is 9.90 Å². The van der Waals surface area contributed by atoms with Crippen molar-refractivity contribution in [2.24, 2.45) is 0 Å². The third-order valence-electron chi connectivity index (χ3n) is 1.75. The van der Waals surface area contributed by atoms with Gasteiger partial charge in [-0.1, -0.05) is 11.6 Å². The van der Waals surface area contributed by atoms with Gasteiger partial charge in [-0.25, -0.2) is 0 Å². The average molecular weight is 248 g/mol. The highest BCUT2D eigenvalue weighted by molar-refractivity contribution is 6.30. The van der Waals surface area contributed by atoms with E-state index < -0.39 is 0 Å². The topological polar surface area (TPSA) is 49.3 Å². The van der Waals surface area contributed by atoms with Gasteiger partial charge in [0.1, 0.15) is 5.75 Å². The maximum atomic E-state index is 11.5. The molecule has 1 atom stereocenters. The molecule has 1 amide bonds. The Morgan fingerprint density at radius 2 is 2.27 bits per heavy atom. The van der Waals surface area contributed by atoms with Gasteiger partial charge in [0, 0.05) is 16.9 Å². The normalized spacial score (nSPS) is 12.2. The Balaban J connectivity index is 2.74. The van der Waals surface area contributed by atoms with Gasteiger partial charge in [0.05, 0.1) is 5.56 Å². The SMILES string of the molecule is CC(Cl)CNC(=O)c1ccc(Cl)cc1O. The number of benzene rings is 1. The number of phenols is 1. The predicted molar refractivity (Wildman–Crippen MR) is 60.8 cm³/mol. The number of halogens is 2. The van der Waals surface area contributed by atoms with E-state index in [1.807, 2.05) is 0 Å². The van der Waals surface area contributed by atoms with E-state index in [0.29, 0.717) is 11.6 Å². The van der Waals surface area contributed by atoms with Gasteiger partial charge in [0.25, 0.3) is 5.91 Å². The Bertz CT molecular complexity index is 366. The molecular weight excluding hydrogens is 237 g/mol. The van der Waals surface area contributed by atoms with Crippen LogP contribution in [-0.4, -0.2) is 22.9 Å². The minimum Gasteiger partial charge on any atom is -0.507 e. The van der Waals surface area contributed by atoms with Gasteiger partial charge >= 0.3 is 0 Å². The summed E-state index contributed by atoms with van der Waals surface area (Å²) in [5.41, 5.74) is 0.191. The molecule has 0 bridgehead atoms. The van der Waals surface area contributed by atoms with Gasteiger partial charge < -0.3 is 10.4 Å². The highest BCUT2D eigenvalue weighted by Gasteiger charge is 2.11. The van der Waals surface area contributed by atoms with Crippen LogP contribution in [0.15, 0.2) is 18.2 Å². The highest BCUT2D eigenvalue weighted by atomic mass is 35.5. The van der Waals surface area contributed by atoms with Crippen LogP contribution in [-0.2, 0) is 0 Å². The lowest BCUT2D eigenvalue weighted by Crippen LogP contribution is -2.28. The molecule has 0 heterocycles. The molecule has 0 aromatic heterocycles. The van der Waals surface area contributed by atoms with Crippen molar-refractivity contribution in [3.8, 4) is 5.75 Å². The first-order valence-corrected chi connectivity index (χ1v) is 5.23. The third-order valence-corrected chi connectivity index (χ3v) is 2.14. The minimum absolute atomic E-state index is 0.137. The number of hydrogen-bond acceptors (Lipinski definition) is 2. The summed E-state index contributed by atoms with van der Waals surface area (Å²) in [6.07, 6.45) is 0. The number of alkyl halides is 1. The lowest BCUT2D eigenvalue weighted by atomic mass is 10.2. The van der Waals surface area contributed by atoms with Crippen LogP contribution >= 0.6 is 23.2 Å². The van der Waals surface area contributed by atoms with Crippen molar-refractivity contribution >= 4 is 29.1 Å². The molecule has 1 rings (SSSR count). The van der Waals surface area contributed by atoms with Crippen LogP contribution in [0, 0.1) is 0 Å². The molecule has 0 spiro atoms. The third kappa shape index (κ3) is 3.61. The first-order chi connectivity index (χ1) is 7.00. The predicted octanol–water partition coefficient (Wildman–Crippen LogP) is 2.40. The van der Waals surface area contributed by atoms with Gasteiger partial charge in [0.15, 0.2) is 0 Å². The molecule has 1 aromatic carbocycles. The Hall–Kier alpha value is -0.930. The number of carbonyl (C=O) groups excluding carboxylic acids is 1. The molecule has 1 unspecified atom stereocenters. The zero-order chi connectivity index (χ0) is 11.4. The van der Waals surface area contributed by atoms with Gasteiger partial charge in [0.2, 0.25) is 0 Å². The first kappa shape index (κ1) is 12.1. The molecule has 5 heteroatoms. The van der Waals surface area contributed by atoms with Crippen molar-refractivity contribution in [1.29, 1.82) is 0 Å². The fourth-order valence-electron chi connectivity index (χ4n) is 1.03.